The summed E-state index contributed by atoms with van der Waals surface area (Å²) in [6, 6.07) is 35.2. The lowest BCUT2D eigenvalue weighted by atomic mass is 9.89. The van der Waals surface area contributed by atoms with E-state index in [1.54, 1.807) is 36.9 Å². The van der Waals surface area contributed by atoms with Crippen LogP contribution in [0.5, 0.6) is 0 Å². The Labute approximate surface area is 401 Å². The van der Waals surface area contributed by atoms with Crippen LogP contribution in [0.25, 0.3) is 0 Å². The Hall–Kier alpha value is -6.36. The molecule has 0 unspecified atom stereocenters. The molecule has 2 fully saturated rings. The van der Waals surface area contributed by atoms with Crippen LogP contribution in [0.4, 0.5) is 22.7 Å². The summed E-state index contributed by atoms with van der Waals surface area (Å²) in [6.45, 7) is 1.86. The van der Waals surface area contributed by atoms with E-state index >= 15 is 0 Å². The highest BCUT2D eigenvalue weighted by Gasteiger charge is 2.25. The summed E-state index contributed by atoms with van der Waals surface area (Å²) in [7, 11) is 4.27. The van der Waals surface area contributed by atoms with Crippen LogP contribution >= 0.6 is 0 Å². The van der Waals surface area contributed by atoms with Crippen LogP contribution in [0.15, 0.2) is 122 Å². The number of anilines is 4. The molecule has 352 valence electrons. The van der Waals surface area contributed by atoms with Crippen LogP contribution < -0.4 is 20.4 Å². The van der Waals surface area contributed by atoms with Gasteiger partial charge in [0.2, 0.25) is 0 Å². The quantitative estimate of drug-likeness (QED) is 0.0661. The Bertz CT molecular complexity index is 2490. The number of hydrogen-bond donors (Lipinski definition) is 4. The Balaban J connectivity index is 0.000000170. The maximum Gasteiger partial charge on any atom is 0.336 e. The van der Waals surface area contributed by atoms with Crippen molar-refractivity contribution >= 4 is 34.7 Å². The van der Waals surface area contributed by atoms with Crippen molar-refractivity contribution in [3.8, 4) is 0 Å². The number of rotatable bonds is 18. The highest BCUT2D eigenvalue weighted by Crippen LogP contribution is 2.37. The predicted molar refractivity (Wildman–Crippen MR) is 272 cm³/mol. The average Bonchev–Trinajstić information content (AvgIpc) is 4.33. The van der Waals surface area contributed by atoms with Gasteiger partial charge in [-0.15, -0.1) is 0 Å². The van der Waals surface area contributed by atoms with E-state index in [1.165, 1.54) is 107 Å². The molecule has 0 radical (unpaired) electrons. The van der Waals surface area contributed by atoms with Gasteiger partial charge in [-0.2, -0.15) is 0 Å². The van der Waals surface area contributed by atoms with Crippen molar-refractivity contribution in [2.24, 2.45) is 11.8 Å². The third-order valence-corrected chi connectivity index (χ3v) is 14.7. The van der Waals surface area contributed by atoms with Crippen molar-refractivity contribution in [3.05, 3.63) is 177 Å². The molecule has 10 rings (SSSR count). The second kappa shape index (κ2) is 21.7. The molecule has 68 heavy (non-hydrogen) atoms. The van der Waals surface area contributed by atoms with Crippen molar-refractivity contribution in [2.45, 2.75) is 102 Å². The predicted octanol–water partition coefficient (Wildman–Crippen LogP) is 11.4. The number of nitrogens with one attached hydrogen (secondary N) is 2. The molecule has 4 aromatic carbocycles. The summed E-state index contributed by atoms with van der Waals surface area (Å²) in [5.74, 6) is 0.163. The van der Waals surface area contributed by atoms with Gasteiger partial charge in [-0.1, -0.05) is 62.1 Å². The van der Waals surface area contributed by atoms with Gasteiger partial charge < -0.3 is 30.6 Å². The number of aryl methyl sites for hydroxylation is 4. The number of carbonyl (C=O) groups is 2. The third-order valence-electron chi connectivity index (χ3n) is 14.7. The van der Waals surface area contributed by atoms with Crippen molar-refractivity contribution in [1.82, 2.24) is 20.6 Å². The first-order valence-electron chi connectivity index (χ1n) is 24.9. The van der Waals surface area contributed by atoms with Gasteiger partial charge >= 0.3 is 11.9 Å². The van der Waals surface area contributed by atoms with Crippen LogP contribution in [-0.2, 0) is 38.5 Å². The fraction of sp³-hybridized carbons (Fsp3) is 0.379. The highest BCUT2D eigenvalue weighted by atomic mass is 16.4. The molecule has 0 bridgehead atoms. The molecule has 10 heteroatoms. The second-order valence-corrected chi connectivity index (χ2v) is 19.4. The number of nitrogens with zero attached hydrogens (tertiary/aromatic N) is 4. The molecule has 2 aliphatic heterocycles. The molecule has 0 spiro atoms. The summed E-state index contributed by atoms with van der Waals surface area (Å²) in [6.07, 6.45) is 22.2. The minimum Gasteiger partial charge on any atom is -0.478 e. The van der Waals surface area contributed by atoms with E-state index in [1.807, 2.05) is 0 Å². The highest BCUT2D eigenvalue weighted by molar-refractivity contribution is 5.89. The maximum atomic E-state index is 11.5. The van der Waals surface area contributed by atoms with Crippen molar-refractivity contribution < 1.29 is 19.8 Å². The first kappa shape index (κ1) is 46.7. The van der Waals surface area contributed by atoms with Gasteiger partial charge in [0.25, 0.3) is 0 Å². The minimum atomic E-state index is -0.891. The fourth-order valence-corrected chi connectivity index (χ4v) is 10.1. The van der Waals surface area contributed by atoms with Gasteiger partial charge in [-0.05, 0) is 194 Å². The lowest BCUT2D eigenvalue weighted by Crippen LogP contribution is -2.30. The van der Waals surface area contributed by atoms with Crippen LogP contribution in [0.2, 0.25) is 0 Å². The average molecular weight is 911 g/mol. The Morgan fingerprint density at radius 2 is 0.926 bits per heavy atom. The van der Waals surface area contributed by atoms with E-state index in [4.69, 9.17) is 0 Å². The SMILES string of the molecule is CN(c1ccc(CCC2CC2)cc1)c1ccc2c(c1)CCN[C@@H]2CCc1cnccc1C(=O)O.CN(c1ccc(CCC2CC2)cc1)c1ccc2c(c1)CCN[C@H]2CCc1cnccc1C(=O)O. The molecule has 0 amide bonds. The molecular formula is C58H66N6O4. The number of benzene rings is 4. The third kappa shape index (κ3) is 11.8. The van der Waals surface area contributed by atoms with Crippen molar-refractivity contribution in [1.29, 1.82) is 0 Å². The van der Waals surface area contributed by atoms with Gasteiger partial charge in [0.15, 0.2) is 0 Å². The molecule has 2 atom stereocenters. The number of pyridine rings is 2. The van der Waals surface area contributed by atoms with E-state index in [9.17, 15) is 19.8 Å². The summed E-state index contributed by atoms with van der Waals surface area (Å²) in [5, 5.41) is 26.2. The minimum absolute atomic E-state index is 0.218. The smallest absolute Gasteiger partial charge is 0.336 e. The molecule has 10 nitrogen and oxygen atoms in total. The summed E-state index contributed by atoms with van der Waals surface area (Å²) >= 11 is 0. The fourth-order valence-electron chi connectivity index (χ4n) is 10.1. The number of fused-ring (bicyclic) bond motifs is 2. The lowest BCUT2D eigenvalue weighted by molar-refractivity contribution is 0.0684. The molecule has 6 aromatic rings. The van der Waals surface area contributed by atoms with Gasteiger partial charge in [0.1, 0.15) is 0 Å². The maximum absolute atomic E-state index is 11.5. The van der Waals surface area contributed by atoms with Crippen molar-refractivity contribution in [3.63, 3.8) is 0 Å². The van der Waals surface area contributed by atoms with Gasteiger partial charge in [0, 0.05) is 73.7 Å². The summed E-state index contributed by atoms with van der Waals surface area (Å²) < 4.78 is 0. The first-order chi connectivity index (χ1) is 33.2. The van der Waals surface area contributed by atoms with E-state index in [0.29, 0.717) is 24.0 Å². The molecule has 2 aliphatic carbocycles. The van der Waals surface area contributed by atoms with Crippen molar-refractivity contribution in [2.75, 3.05) is 37.0 Å². The van der Waals surface area contributed by atoms with E-state index in [2.05, 4.69) is 129 Å². The zero-order valence-electron chi connectivity index (χ0n) is 39.7. The largest absolute Gasteiger partial charge is 0.478 e. The first-order valence-corrected chi connectivity index (χ1v) is 24.9. The van der Waals surface area contributed by atoms with Crippen LogP contribution in [0.3, 0.4) is 0 Å². The van der Waals surface area contributed by atoms with E-state index in [-0.39, 0.29) is 12.1 Å². The van der Waals surface area contributed by atoms with E-state index in [0.717, 1.165) is 61.7 Å². The number of hydrogen-bond acceptors (Lipinski definition) is 8. The van der Waals surface area contributed by atoms with Crippen LogP contribution in [-0.4, -0.2) is 59.3 Å². The number of aromatic carboxylic acids is 2. The number of aromatic nitrogens is 2. The molecule has 2 aromatic heterocycles. The molecule has 4 N–H and O–H groups in total. The van der Waals surface area contributed by atoms with Gasteiger partial charge in [-0.3, -0.25) is 9.97 Å². The zero-order chi connectivity index (χ0) is 47.0. The lowest BCUT2D eigenvalue weighted by Gasteiger charge is -2.29. The Morgan fingerprint density at radius 3 is 1.31 bits per heavy atom. The molecule has 0 saturated heterocycles. The van der Waals surface area contributed by atoms with Gasteiger partial charge in [0.05, 0.1) is 11.1 Å². The molecule has 4 heterocycles. The van der Waals surface area contributed by atoms with E-state index < -0.39 is 11.9 Å². The molecular weight excluding hydrogens is 845 g/mol. The summed E-state index contributed by atoms with van der Waals surface area (Å²) in [4.78, 5) is 35.8. The van der Waals surface area contributed by atoms with Crippen LogP contribution in [0.1, 0.15) is 129 Å². The second-order valence-electron chi connectivity index (χ2n) is 19.4. The van der Waals surface area contributed by atoms with Gasteiger partial charge in [-0.25, -0.2) is 9.59 Å². The zero-order valence-corrected chi connectivity index (χ0v) is 39.7. The monoisotopic (exact) mass is 911 g/mol. The molecule has 4 aliphatic rings. The normalized spacial score (nSPS) is 17.3. The summed E-state index contributed by atoms with van der Waals surface area (Å²) in [5.41, 5.74) is 15.3. The standard InChI is InChI=1S/2C29H33N3O2/c2*1-32(24-9-6-21(7-10-24)5-4-20-2-3-20)25-11-12-26-22(18-25)14-17-31-28(26)13-8-23-19-30-16-15-27(23)29(33)34/h2*6-7,9-12,15-16,18-20,28,31H,2-5,8,13-14,17H2,1H3,(H,33,34)/t2*28-/m10/s1. The van der Waals surface area contributed by atoms with Crippen LogP contribution in [0, 0.1) is 11.8 Å². The Kier molecular flexibility index (Phi) is 14.9. The number of carboxylic acid groups (broad SMARTS) is 2. The number of carboxylic acids is 2. The Morgan fingerprint density at radius 1 is 0.529 bits per heavy atom. The molecule has 2 saturated carbocycles. The topological polar surface area (TPSA) is 131 Å².